The number of anilines is 1. The SMILES string of the molecule is CCN(CC)CCNC(=O)CCc1nnc2ccc(N3CCCCC3)nn12. The Balaban J connectivity index is 1.55. The van der Waals surface area contributed by atoms with E-state index < -0.39 is 0 Å². The number of rotatable bonds is 9. The molecule has 0 atom stereocenters. The molecule has 2 aromatic heterocycles. The van der Waals surface area contributed by atoms with Gasteiger partial charge in [0.2, 0.25) is 5.91 Å². The molecule has 1 saturated heterocycles. The van der Waals surface area contributed by atoms with E-state index in [4.69, 9.17) is 5.10 Å². The van der Waals surface area contributed by atoms with E-state index in [9.17, 15) is 4.79 Å². The van der Waals surface area contributed by atoms with Gasteiger partial charge in [-0.1, -0.05) is 13.8 Å². The summed E-state index contributed by atoms with van der Waals surface area (Å²) < 4.78 is 1.78. The van der Waals surface area contributed by atoms with Crippen LogP contribution in [-0.2, 0) is 11.2 Å². The van der Waals surface area contributed by atoms with Crippen molar-refractivity contribution in [2.24, 2.45) is 0 Å². The van der Waals surface area contributed by atoms with Gasteiger partial charge in [0.25, 0.3) is 0 Å². The van der Waals surface area contributed by atoms with Crippen molar-refractivity contribution in [1.29, 1.82) is 0 Å². The highest BCUT2D eigenvalue weighted by Crippen LogP contribution is 2.18. The summed E-state index contributed by atoms with van der Waals surface area (Å²) in [7, 11) is 0. The summed E-state index contributed by atoms with van der Waals surface area (Å²) in [6, 6.07) is 3.97. The first-order valence-electron chi connectivity index (χ1n) is 10.2. The summed E-state index contributed by atoms with van der Waals surface area (Å²) in [6.07, 6.45) is 4.65. The lowest BCUT2D eigenvalue weighted by Crippen LogP contribution is -2.34. The third-order valence-electron chi connectivity index (χ3n) is 5.21. The molecule has 0 saturated carbocycles. The molecule has 0 spiro atoms. The average Bonchev–Trinajstić information content (AvgIpc) is 3.12. The molecule has 1 aliphatic heterocycles. The van der Waals surface area contributed by atoms with Crippen molar-refractivity contribution in [3.63, 3.8) is 0 Å². The second-order valence-electron chi connectivity index (χ2n) is 7.00. The number of hydrogen-bond acceptors (Lipinski definition) is 6. The molecule has 0 bridgehead atoms. The summed E-state index contributed by atoms with van der Waals surface area (Å²) in [4.78, 5) is 16.7. The van der Waals surface area contributed by atoms with Gasteiger partial charge in [-0.3, -0.25) is 4.79 Å². The standard InChI is InChI=1S/C19H31N7O/c1-3-24(4-2)15-12-20-19(27)11-10-17-22-21-16-8-9-18(23-26(16)17)25-13-6-5-7-14-25/h8-9H,3-7,10-15H2,1-2H3,(H,20,27). The van der Waals surface area contributed by atoms with Crippen LogP contribution in [0.4, 0.5) is 5.82 Å². The van der Waals surface area contributed by atoms with Gasteiger partial charge in [0.05, 0.1) is 0 Å². The van der Waals surface area contributed by atoms with E-state index in [1.807, 2.05) is 12.1 Å². The molecule has 1 N–H and O–H groups in total. The van der Waals surface area contributed by atoms with E-state index in [1.54, 1.807) is 4.52 Å². The lowest BCUT2D eigenvalue weighted by molar-refractivity contribution is -0.121. The topological polar surface area (TPSA) is 78.7 Å². The van der Waals surface area contributed by atoms with E-state index in [1.165, 1.54) is 19.3 Å². The van der Waals surface area contributed by atoms with Crippen LogP contribution in [0.2, 0.25) is 0 Å². The van der Waals surface area contributed by atoms with Gasteiger partial charge < -0.3 is 15.1 Å². The summed E-state index contributed by atoms with van der Waals surface area (Å²) >= 11 is 0. The maximum absolute atomic E-state index is 12.1. The Hall–Kier alpha value is -2.22. The predicted molar refractivity (Wildman–Crippen MR) is 106 cm³/mol. The molecule has 148 valence electrons. The molecule has 27 heavy (non-hydrogen) atoms. The van der Waals surface area contributed by atoms with Crippen LogP contribution in [-0.4, -0.2) is 69.9 Å². The van der Waals surface area contributed by atoms with Gasteiger partial charge in [0, 0.05) is 39.0 Å². The van der Waals surface area contributed by atoms with Crippen molar-refractivity contribution in [2.75, 3.05) is 44.2 Å². The highest BCUT2D eigenvalue weighted by molar-refractivity contribution is 5.76. The monoisotopic (exact) mass is 373 g/mol. The number of amides is 1. The van der Waals surface area contributed by atoms with Gasteiger partial charge in [0.15, 0.2) is 11.5 Å². The number of nitrogens with one attached hydrogen (secondary N) is 1. The van der Waals surface area contributed by atoms with Crippen LogP contribution in [0.5, 0.6) is 0 Å². The van der Waals surface area contributed by atoms with Crippen molar-refractivity contribution in [1.82, 2.24) is 30.0 Å². The molecule has 3 heterocycles. The lowest BCUT2D eigenvalue weighted by atomic mass is 10.1. The Morgan fingerprint density at radius 3 is 2.67 bits per heavy atom. The Bertz CT molecular complexity index is 735. The van der Waals surface area contributed by atoms with Crippen LogP contribution in [0, 0.1) is 0 Å². The molecule has 1 aliphatic rings. The maximum atomic E-state index is 12.1. The maximum Gasteiger partial charge on any atom is 0.220 e. The van der Waals surface area contributed by atoms with Crippen molar-refractivity contribution < 1.29 is 4.79 Å². The number of piperidine rings is 1. The zero-order valence-corrected chi connectivity index (χ0v) is 16.5. The number of carbonyl (C=O) groups is 1. The zero-order valence-electron chi connectivity index (χ0n) is 16.5. The molecule has 1 amide bonds. The third kappa shape index (κ3) is 5.15. The second-order valence-corrected chi connectivity index (χ2v) is 7.00. The fourth-order valence-corrected chi connectivity index (χ4v) is 3.48. The minimum Gasteiger partial charge on any atom is -0.355 e. The summed E-state index contributed by atoms with van der Waals surface area (Å²) in [5.41, 5.74) is 0.729. The largest absolute Gasteiger partial charge is 0.355 e. The van der Waals surface area contributed by atoms with E-state index in [-0.39, 0.29) is 5.91 Å². The van der Waals surface area contributed by atoms with Gasteiger partial charge in [-0.15, -0.1) is 15.3 Å². The first-order valence-corrected chi connectivity index (χ1v) is 10.2. The van der Waals surface area contributed by atoms with E-state index in [2.05, 4.69) is 39.2 Å². The molecule has 3 rings (SSSR count). The van der Waals surface area contributed by atoms with Crippen molar-refractivity contribution in [3.05, 3.63) is 18.0 Å². The predicted octanol–water partition coefficient (Wildman–Crippen LogP) is 1.51. The van der Waals surface area contributed by atoms with E-state index in [0.29, 0.717) is 19.4 Å². The molecular weight excluding hydrogens is 342 g/mol. The fourth-order valence-electron chi connectivity index (χ4n) is 3.48. The van der Waals surface area contributed by atoms with Gasteiger partial charge in [0.1, 0.15) is 5.82 Å². The molecule has 8 heteroatoms. The van der Waals surface area contributed by atoms with Crippen LogP contribution in [0.15, 0.2) is 12.1 Å². The van der Waals surface area contributed by atoms with Crippen LogP contribution >= 0.6 is 0 Å². The quantitative estimate of drug-likeness (QED) is 0.718. The molecule has 0 radical (unpaired) electrons. The van der Waals surface area contributed by atoms with Crippen LogP contribution < -0.4 is 10.2 Å². The number of carbonyl (C=O) groups excluding carboxylic acids is 1. The third-order valence-corrected chi connectivity index (χ3v) is 5.21. The first-order chi connectivity index (χ1) is 13.2. The Kier molecular flexibility index (Phi) is 6.98. The summed E-state index contributed by atoms with van der Waals surface area (Å²) in [5, 5.41) is 16.1. The van der Waals surface area contributed by atoms with Gasteiger partial charge in [-0.25, -0.2) is 0 Å². The van der Waals surface area contributed by atoms with Gasteiger partial charge >= 0.3 is 0 Å². The minimum absolute atomic E-state index is 0.0473. The van der Waals surface area contributed by atoms with Crippen LogP contribution in [0.1, 0.15) is 45.4 Å². The van der Waals surface area contributed by atoms with Gasteiger partial charge in [-0.2, -0.15) is 4.52 Å². The molecule has 8 nitrogen and oxygen atoms in total. The van der Waals surface area contributed by atoms with E-state index in [0.717, 1.165) is 50.0 Å². The smallest absolute Gasteiger partial charge is 0.220 e. The normalized spacial score (nSPS) is 14.9. The summed E-state index contributed by atoms with van der Waals surface area (Å²) in [5.74, 6) is 1.75. The van der Waals surface area contributed by atoms with Crippen LogP contribution in [0.3, 0.4) is 0 Å². The number of hydrogen-bond donors (Lipinski definition) is 1. The number of aryl methyl sites for hydroxylation is 1. The zero-order chi connectivity index (χ0) is 19.1. The molecule has 1 fully saturated rings. The lowest BCUT2D eigenvalue weighted by Gasteiger charge is -2.27. The van der Waals surface area contributed by atoms with Crippen molar-refractivity contribution in [2.45, 2.75) is 46.0 Å². The number of aromatic nitrogens is 4. The number of nitrogens with zero attached hydrogens (tertiary/aromatic N) is 6. The highest BCUT2D eigenvalue weighted by atomic mass is 16.1. The first kappa shape index (κ1) is 19.5. The minimum atomic E-state index is 0.0473. The molecule has 0 aromatic carbocycles. The molecular formula is C19H31N7O. The average molecular weight is 374 g/mol. The number of likely N-dealkylation sites (N-methyl/N-ethyl adjacent to an activating group) is 1. The van der Waals surface area contributed by atoms with E-state index >= 15 is 0 Å². The van der Waals surface area contributed by atoms with Crippen LogP contribution in [0.25, 0.3) is 5.65 Å². The van der Waals surface area contributed by atoms with Gasteiger partial charge in [-0.05, 0) is 44.5 Å². The summed E-state index contributed by atoms with van der Waals surface area (Å²) in [6.45, 7) is 9.92. The number of fused-ring (bicyclic) bond motifs is 1. The Labute approximate surface area is 160 Å². The molecule has 2 aromatic rings. The fraction of sp³-hybridized carbons (Fsp3) is 0.684. The Morgan fingerprint density at radius 2 is 1.93 bits per heavy atom. The molecule has 0 aliphatic carbocycles. The Morgan fingerprint density at radius 1 is 1.15 bits per heavy atom. The van der Waals surface area contributed by atoms with Crippen molar-refractivity contribution in [3.8, 4) is 0 Å². The second kappa shape index (κ2) is 9.64. The highest BCUT2D eigenvalue weighted by Gasteiger charge is 2.15. The van der Waals surface area contributed by atoms with Crippen molar-refractivity contribution >= 4 is 17.4 Å². The molecule has 0 unspecified atom stereocenters.